The standard InChI is InChI=1S/C19H28N2O3/c1-3-24-18(22)11-17(15-9-5-4-7-13(15)2)21-19(23)16-10-6-8-14(16)12-20/h4-5,7,9,14,16-17H,3,6,8,10-12,20H2,1-2H3,(H,21,23)/t14-,16-,17?/m1/s1. The van der Waals surface area contributed by atoms with Gasteiger partial charge in [-0.25, -0.2) is 0 Å². The first kappa shape index (κ1) is 18.5. The Morgan fingerprint density at radius 3 is 2.75 bits per heavy atom. The maximum absolute atomic E-state index is 12.7. The van der Waals surface area contributed by atoms with E-state index in [0.29, 0.717) is 13.2 Å². The Balaban J connectivity index is 2.15. The molecule has 5 heteroatoms. The van der Waals surface area contributed by atoms with E-state index in [2.05, 4.69) is 5.32 Å². The van der Waals surface area contributed by atoms with Gasteiger partial charge in [-0.3, -0.25) is 9.59 Å². The molecule has 24 heavy (non-hydrogen) atoms. The summed E-state index contributed by atoms with van der Waals surface area (Å²) in [5.74, 6) is -0.109. The largest absolute Gasteiger partial charge is 0.466 e. The lowest BCUT2D eigenvalue weighted by Crippen LogP contribution is -2.38. The van der Waals surface area contributed by atoms with Crippen LogP contribution in [-0.2, 0) is 14.3 Å². The Labute approximate surface area is 143 Å². The van der Waals surface area contributed by atoms with E-state index >= 15 is 0 Å². The zero-order valence-corrected chi connectivity index (χ0v) is 14.6. The third kappa shape index (κ3) is 4.57. The minimum atomic E-state index is -0.364. The van der Waals surface area contributed by atoms with Crippen LogP contribution in [0.4, 0.5) is 0 Å². The van der Waals surface area contributed by atoms with Crippen molar-refractivity contribution in [3.8, 4) is 0 Å². The van der Waals surface area contributed by atoms with Crippen LogP contribution in [-0.4, -0.2) is 25.0 Å². The molecule has 1 fully saturated rings. The summed E-state index contributed by atoms with van der Waals surface area (Å²) in [5.41, 5.74) is 7.80. The SMILES string of the molecule is CCOC(=O)CC(NC(=O)[C@@H]1CCC[C@@H]1CN)c1ccccc1C. The van der Waals surface area contributed by atoms with E-state index in [-0.39, 0.29) is 36.2 Å². The Hall–Kier alpha value is -1.88. The molecular formula is C19H28N2O3. The number of nitrogens with two attached hydrogens (primary N) is 1. The fraction of sp³-hybridized carbons (Fsp3) is 0.579. The predicted molar refractivity (Wildman–Crippen MR) is 93.2 cm³/mol. The lowest BCUT2D eigenvalue weighted by molar-refractivity contribution is -0.144. The van der Waals surface area contributed by atoms with Gasteiger partial charge in [-0.15, -0.1) is 0 Å². The molecule has 1 aromatic rings. The number of hydrogen-bond acceptors (Lipinski definition) is 4. The summed E-state index contributed by atoms with van der Waals surface area (Å²) in [7, 11) is 0. The smallest absolute Gasteiger partial charge is 0.308 e. The number of aryl methyl sites for hydroxylation is 1. The van der Waals surface area contributed by atoms with Crippen LogP contribution in [0, 0.1) is 18.8 Å². The maximum Gasteiger partial charge on any atom is 0.308 e. The highest BCUT2D eigenvalue weighted by molar-refractivity contribution is 5.81. The molecule has 0 radical (unpaired) electrons. The monoisotopic (exact) mass is 332 g/mol. The molecule has 2 rings (SSSR count). The number of carbonyl (C=O) groups is 2. The van der Waals surface area contributed by atoms with Gasteiger partial charge in [-0.05, 0) is 50.3 Å². The summed E-state index contributed by atoms with van der Waals surface area (Å²) in [6.45, 7) is 4.64. The molecule has 0 bridgehead atoms. The summed E-state index contributed by atoms with van der Waals surface area (Å²) in [4.78, 5) is 24.7. The summed E-state index contributed by atoms with van der Waals surface area (Å²) in [6, 6.07) is 7.44. The van der Waals surface area contributed by atoms with Crippen LogP contribution in [0.3, 0.4) is 0 Å². The summed E-state index contributed by atoms with van der Waals surface area (Å²) in [6.07, 6.45) is 3.05. The molecule has 1 saturated carbocycles. The second kappa shape index (κ2) is 8.83. The van der Waals surface area contributed by atoms with E-state index in [1.54, 1.807) is 6.92 Å². The van der Waals surface area contributed by atoms with E-state index < -0.39 is 0 Å². The van der Waals surface area contributed by atoms with Gasteiger partial charge in [0.2, 0.25) is 5.91 Å². The van der Waals surface area contributed by atoms with Gasteiger partial charge in [0, 0.05) is 5.92 Å². The first-order valence-corrected chi connectivity index (χ1v) is 8.78. The zero-order valence-electron chi connectivity index (χ0n) is 14.6. The summed E-state index contributed by atoms with van der Waals surface area (Å²) >= 11 is 0. The van der Waals surface area contributed by atoms with Crippen molar-refractivity contribution in [3.05, 3.63) is 35.4 Å². The van der Waals surface area contributed by atoms with E-state index in [1.807, 2.05) is 31.2 Å². The van der Waals surface area contributed by atoms with Gasteiger partial charge in [0.1, 0.15) is 0 Å². The number of hydrogen-bond donors (Lipinski definition) is 2. The fourth-order valence-electron chi connectivity index (χ4n) is 3.55. The Morgan fingerprint density at radius 1 is 1.33 bits per heavy atom. The van der Waals surface area contributed by atoms with E-state index in [9.17, 15) is 9.59 Å². The van der Waals surface area contributed by atoms with Crippen LogP contribution in [0.1, 0.15) is 49.8 Å². The highest BCUT2D eigenvalue weighted by Crippen LogP contribution is 2.32. The second-order valence-electron chi connectivity index (χ2n) is 6.46. The molecule has 1 aromatic carbocycles. The van der Waals surface area contributed by atoms with Crippen molar-refractivity contribution in [2.75, 3.05) is 13.2 Å². The molecule has 1 aliphatic carbocycles. The molecule has 132 valence electrons. The highest BCUT2D eigenvalue weighted by atomic mass is 16.5. The van der Waals surface area contributed by atoms with Crippen molar-refractivity contribution in [2.24, 2.45) is 17.6 Å². The molecule has 5 nitrogen and oxygen atoms in total. The van der Waals surface area contributed by atoms with Gasteiger partial charge in [-0.1, -0.05) is 30.7 Å². The molecule has 3 N–H and O–H groups in total. The fourth-order valence-corrected chi connectivity index (χ4v) is 3.55. The number of nitrogens with one attached hydrogen (secondary N) is 1. The number of esters is 1. The van der Waals surface area contributed by atoms with Crippen LogP contribution in [0.25, 0.3) is 0 Å². The van der Waals surface area contributed by atoms with E-state index in [4.69, 9.17) is 10.5 Å². The maximum atomic E-state index is 12.7. The van der Waals surface area contributed by atoms with Crippen molar-refractivity contribution in [2.45, 2.75) is 45.6 Å². The van der Waals surface area contributed by atoms with Crippen LogP contribution >= 0.6 is 0 Å². The molecule has 1 amide bonds. The zero-order chi connectivity index (χ0) is 17.5. The van der Waals surface area contributed by atoms with E-state index in [0.717, 1.165) is 30.4 Å². The molecular weight excluding hydrogens is 304 g/mol. The van der Waals surface area contributed by atoms with Gasteiger partial charge in [-0.2, -0.15) is 0 Å². The molecule has 0 aliphatic heterocycles. The first-order valence-electron chi connectivity index (χ1n) is 8.78. The number of amides is 1. The van der Waals surface area contributed by atoms with Gasteiger partial charge < -0.3 is 15.8 Å². The van der Waals surface area contributed by atoms with Crippen molar-refractivity contribution < 1.29 is 14.3 Å². The average Bonchev–Trinajstić information content (AvgIpc) is 3.03. The van der Waals surface area contributed by atoms with Crippen molar-refractivity contribution >= 4 is 11.9 Å². The Morgan fingerprint density at radius 2 is 2.08 bits per heavy atom. The molecule has 0 spiro atoms. The average molecular weight is 332 g/mol. The number of carbonyl (C=O) groups excluding carboxylic acids is 2. The Bertz CT molecular complexity index is 573. The number of rotatable bonds is 7. The van der Waals surface area contributed by atoms with Crippen LogP contribution in [0.5, 0.6) is 0 Å². The predicted octanol–water partition coefficient (Wildman–Crippen LogP) is 2.48. The van der Waals surface area contributed by atoms with Crippen LogP contribution in [0.2, 0.25) is 0 Å². The molecule has 0 saturated heterocycles. The quantitative estimate of drug-likeness (QED) is 0.752. The molecule has 3 atom stereocenters. The van der Waals surface area contributed by atoms with Crippen molar-refractivity contribution in [1.29, 1.82) is 0 Å². The van der Waals surface area contributed by atoms with E-state index in [1.165, 1.54) is 0 Å². The van der Waals surface area contributed by atoms with Gasteiger partial charge >= 0.3 is 5.97 Å². The minimum Gasteiger partial charge on any atom is -0.466 e. The number of benzene rings is 1. The minimum absolute atomic E-state index is 0.000464. The highest BCUT2D eigenvalue weighted by Gasteiger charge is 2.33. The number of ether oxygens (including phenoxy) is 1. The molecule has 1 aliphatic rings. The lowest BCUT2D eigenvalue weighted by Gasteiger charge is -2.24. The van der Waals surface area contributed by atoms with Gasteiger partial charge in [0.15, 0.2) is 0 Å². The third-order valence-electron chi connectivity index (χ3n) is 4.86. The van der Waals surface area contributed by atoms with Crippen LogP contribution < -0.4 is 11.1 Å². The topological polar surface area (TPSA) is 81.4 Å². The van der Waals surface area contributed by atoms with Gasteiger partial charge in [0.25, 0.3) is 0 Å². The summed E-state index contributed by atoms with van der Waals surface area (Å²) in [5, 5.41) is 3.07. The molecule has 1 unspecified atom stereocenters. The lowest BCUT2D eigenvalue weighted by atomic mass is 9.93. The second-order valence-corrected chi connectivity index (χ2v) is 6.46. The normalized spacial score (nSPS) is 21.3. The van der Waals surface area contributed by atoms with Gasteiger partial charge in [0.05, 0.1) is 19.1 Å². The Kier molecular flexibility index (Phi) is 6.79. The third-order valence-corrected chi connectivity index (χ3v) is 4.86. The van der Waals surface area contributed by atoms with Crippen molar-refractivity contribution in [1.82, 2.24) is 5.32 Å². The van der Waals surface area contributed by atoms with Crippen LogP contribution in [0.15, 0.2) is 24.3 Å². The summed E-state index contributed by atoms with van der Waals surface area (Å²) < 4.78 is 5.07. The molecule has 0 aromatic heterocycles. The first-order chi connectivity index (χ1) is 11.6. The molecule has 0 heterocycles. The van der Waals surface area contributed by atoms with Crippen molar-refractivity contribution in [3.63, 3.8) is 0 Å².